The maximum atomic E-state index is 13.1. The molecule has 4 aromatic rings. The summed E-state index contributed by atoms with van der Waals surface area (Å²) in [5, 5.41) is 2.75. The SMILES string of the molecule is CCCCOCCOc1ccc(-c2ccc(OC(F)F)c(/C=C/C(=O)Nc3ccc(S(=O)Cc4cn(C)n4CCC)cc3)c2)cc1.[HH]. The molecule has 1 aromatic heterocycles. The smallest absolute Gasteiger partial charge is 0.387 e. The second-order valence-electron chi connectivity index (χ2n) is 10.6. The van der Waals surface area contributed by atoms with Crippen molar-refractivity contribution < 1.29 is 33.4 Å². The minimum absolute atomic E-state index is 0. The van der Waals surface area contributed by atoms with E-state index in [0.717, 1.165) is 42.6 Å². The first-order chi connectivity index (χ1) is 22.3. The van der Waals surface area contributed by atoms with Gasteiger partial charge in [-0.25, -0.2) is 0 Å². The average Bonchev–Trinajstić information content (AvgIpc) is 3.05. The molecular formula is C35H43F2N3O5S. The number of halogens is 2. The molecular weight excluding hydrogens is 612 g/mol. The number of hydrogen-bond acceptors (Lipinski definition) is 5. The van der Waals surface area contributed by atoms with Crippen molar-refractivity contribution in [2.24, 2.45) is 7.05 Å². The van der Waals surface area contributed by atoms with Gasteiger partial charge in [-0.1, -0.05) is 38.5 Å². The molecule has 1 amide bonds. The first-order valence-corrected chi connectivity index (χ1v) is 16.7. The lowest BCUT2D eigenvalue weighted by molar-refractivity contribution is -0.111. The van der Waals surface area contributed by atoms with E-state index in [-0.39, 0.29) is 7.18 Å². The van der Waals surface area contributed by atoms with Crippen molar-refractivity contribution in [1.82, 2.24) is 9.36 Å². The summed E-state index contributed by atoms with van der Waals surface area (Å²) in [6, 6.07) is 19.0. The molecule has 0 spiro atoms. The van der Waals surface area contributed by atoms with E-state index >= 15 is 0 Å². The summed E-state index contributed by atoms with van der Waals surface area (Å²) in [7, 11) is 0.726. The van der Waals surface area contributed by atoms with Crippen LogP contribution in [0.2, 0.25) is 0 Å². The molecule has 1 N–H and O–H groups in total. The Kier molecular flexibility index (Phi) is 13.2. The Morgan fingerprint density at radius 2 is 1.72 bits per heavy atom. The van der Waals surface area contributed by atoms with Gasteiger partial charge in [0.05, 0.1) is 28.9 Å². The molecule has 0 aliphatic heterocycles. The van der Waals surface area contributed by atoms with Gasteiger partial charge in [0, 0.05) is 50.0 Å². The van der Waals surface area contributed by atoms with Crippen LogP contribution in [0.25, 0.3) is 17.2 Å². The highest BCUT2D eigenvalue weighted by molar-refractivity contribution is 7.84. The number of carbonyl (C=O) groups excluding carboxylic acids is 1. The number of hydrogen-bond donors (Lipinski definition) is 1. The summed E-state index contributed by atoms with van der Waals surface area (Å²) in [4.78, 5) is 13.4. The monoisotopic (exact) mass is 655 g/mol. The Morgan fingerprint density at radius 1 is 0.978 bits per heavy atom. The van der Waals surface area contributed by atoms with Crippen LogP contribution in [0.5, 0.6) is 11.5 Å². The standard InChI is InChI=1S/C35H41F2N3O5S.H2/c1-4-6-20-43-21-22-44-31-13-7-26(8-14-31)27-9-17-33(45-35(36)37)28(23-27)10-18-34(41)38-29-11-15-32(16-12-29)46(42)25-30-24-39(3)40(30)19-5-2;/h7-18,23-24,35H,4-6,19-22,25H2,1-3H3,(H,38,41);1H/b18-10+;. The van der Waals surface area contributed by atoms with Crippen LogP contribution in [-0.2, 0) is 39.7 Å². The third kappa shape index (κ3) is 10.1. The summed E-state index contributed by atoms with van der Waals surface area (Å²) in [5.41, 5.74) is 3.44. The number of rotatable bonds is 18. The minimum Gasteiger partial charge on any atom is -0.491 e. The van der Waals surface area contributed by atoms with Gasteiger partial charge in [0.25, 0.3) is 0 Å². The van der Waals surface area contributed by atoms with E-state index in [0.29, 0.717) is 47.5 Å². The number of anilines is 1. The Bertz CT molecular complexity index is 1600. The van der Waals surface area contributed by atoms with Crippen molar-refractivity contribution in [3.8, 4) is 22.6 Å². The van der Waals surface area contributed by atoms with Gasteiger partial charge in [-0.05, 0) is 78.6 Å². The highest BCUT2D eigenvalue weighted by Gasteiger charge is 2.14. The van der Waals surface area contributed by atoms with Crippen LogP contribution in [0.15, 0.2) is 83.9 Å². The van der Waals surface area contributed by atoms with E-state index in [1.807, 2.05) is 42.2 Å². The fraction of sp³-hybridized carbons (Fsp3) is 0.343. The molecule has 8 nitrogen and oxygen atoms in total. The number of alkyl halides is 2. The van der Waals surface area contributed by atoms with Crippen LogP contribution in [0, 0.1) is 0 Å². The Balaban J connectivity index is 0.00000600. The highest BCUT2D eigenvalue weighted by atomic mass is 32.2. The lowest BCUT2D eigenvalue weighted by Gasteiger charge is -2.23. The van der Waals surface area contributed by atoms with Crippen molar-refractivity contribution in [3.63, 3.8) is 0 Å². The van der Waals surface area contributed by atoms with E-state index < -0.39 is 23.3 Å². The number of aromatic nitrogens is 2. The van der Waals surface area contributed by atoms with E-state index in [1.165, 1.54) is 18.2 Å². The van der Waals surface area contributed by atoms with Gasteiger partial charge in [-0.3, -0.25) is 18.4 Å². The van der Waals surface area contributed by atoms with Crippen LogP contribution < -0.4 is 14.8 Å². The summed E-state index contributed by atoms with van der Waals surface area (Å²) in [5.74, 6) is 0.593. The van der Waals surface area contributed by atoms with Crippen molar-refractivity contribution in [3.05, 3.63) is 90.3 Å². The first kappa shape index (κ1) is 34.6. The third-order valence-corrected chi connectivity index (χ3v) is 8.47. The average molecular weight is 656 g/mol. The number of benzene rings is 3. The summed E-state index contributed by atoms with van der Waals surface area (Å²) in [6.07, 6.45) is 7.75. The number of carbonyl (C=O) groups is 1. The molecule has 0 fully saturated rings. The van der Waals surface area contributed by atoms with Crippen LogP contribution in [-0.4, -0.2) is 45.9 Å². The Morgan fingerprint density at radius 3 is 2.39 bits per heavy atom. The number of nitrogens with one attached hydrogen (secondary N) is 1. The lowest BCUT2D eigenvalue weighted by atomic mass is 10.0. The summed E-state index contributed by atoms with van der Waals surface area (Å²) < 4.78 is 59.2. The predicted octanol–water partition coefficient (Wildman–Crippen LogP) is 7.91. The maximum Gasteiger partial charge on any atom is 0.387 e. The molecule has 1 atom stereocenters. The van der Waals surface area contributed by atoms with Gasteiger partial charge in [0.15, 0.2) is 0 Å². The predicted molar refractivity (Wildman–Crippen MR) is 180 cm³/mol. The van der Waals surface area contributed by atoms with Crippen molar-refractivity contribution in [2.75, 3.05) is 25.1 Å². The van der Waals surface area contributed by atoms with Crippen molar-refractivity contribution in [2.45, 2.75) is 56.9 Å². The summed E-state index contributed by atoms with van der Waals surface area (Å²) >= 11 is 0. The lowest BCUT2D eigenvalue weighted by Crippen LogP contribution is -2.24. The molecule has 3 aromatic carbocycles. The van der Waals surface area contributed by atoms with Crippen molar-refractivity contribution in [1.29, 1.82) is 0 Å². The number of aryl methyl sites for hydroxylation is 1. The van der Waals surface area contributed by atoms with Crippen molar-refractivity contribution >= 4 is 28.5 Å². The van der Waals surface area contributed by atoms with Gasteiger partial charge in [-0.15, -0.1) is 0 Å². The Labute approximate surface area is 272 Å². The molecule has 0 saturated heterocycles. The molecule has 46 heavy (non-hydrogen) atoms. The summed E-state index contributed by atoms with van der Waals surface area (Å²) in [6.45, 7) is 3.73. The first-order valence-electron chi connectivity index (χ1n) is 15.4. The van der Waals surface area contributed by atoms with Crippen LogP contribution >= 0.6 is 0 Å². The molecule has 248 valence electrons. The second kappa shape index (κ2) is 17.5. The van der Waals surface area contributed by atoms with E-state index in [2.05, 4.69) is 23.8 Å². The van der Waals surface area contributed by atoms with E-state index in [1.54, 1.807) is 36.4 Å². The normalized spacial score (nSPS) is 12.1. The van der Waals surface area contributed by atoms with Gasteiger partial charge in [0.2, 0.25) is 5.91 Å². The quantitative estimate of drug-likeness (QED) is 0.0871. The maximum absolute atomic E-state index is 13.1. The van der Waals surface area contributed by atoms with Gasteiger partial charge in [0.1, 0.15) is 18.1 Å². The molecule has 0 bridgehead atoms. The van der Waals surface area contributed by atoms with Gasteiger partial charge in [-0.2, -0.15) is 8.78 Å². The minimum atomic E-state index is -3.02. The van der Waals surface area contributed by atoms with Crippen LogP contribution in [0.3, 0.4) is 0 Å². The zero-order valence-electron chi connectivity index (χ0n) is 26.4. The zero-order chi connectivity index (χ0) is 32.9. The fourth-order valence-corrected chi connectivity index (χ4v) is 5.85. The molecule has 4 rings (SSSR count). The number of unbranched alkanes of at least 4 members (excludes halogenated alkanes) is 1. The van der Waals surface area contributed by atoms with Gasteiger partial charge >= 0.3 is 6.61 Å². The molecule has 11 heteroatoms. The molecule has 0 aliphatic carbocycles. The molecule has 0 aliphatic rings. The number of ether oxygens (including phenoxy) is 3. The molecule has 0 saturated carbocycles. The topological polar surface area (TPSA) is 83.7 Å². The van der Waals surface area contributed by atoms with E-state index in [9.17, 15) is 17.8 Å². The number of nitrogens with zero attached hydrogens (tertiary/aromatic N) is 2. The second-order valence-corrected chi connectivity index (χ2v) is 12.1. The molecule has 0 radical (unpaired) electrons. The fourth-order valence-electron chi connectivity index (χ4n) is 4.75. The Hall–Kier alpha value is -4.22. The third-order valence-electron chi connectivity index (χ3n) is 7.11. The number of amides is 1. The van der Waals surface area contributed by atoms with Crippen LogP contribution in [0.4, 0.5) is 14.5 Å². The molecule has 1 unspecified atom stereocenters. The largest absolute Gasteiger partial charge is 0.491 e. The van der Waals surface area contributed by atoms with E-state index in [4.69, 9.17) is 14.2 Å². The van der Waals surface area contributed by atoms with Crippen LogP contribution in [0.1, 0.15) is 45.8 Å². The van der Waals surface area contributed by atoms with Gasteiger partial charge < -0.3 is 19.5 Å². The zero-order valence-corrected chi connectivity index (χ0v) is 27.2. The molecule has 1 heterocycles. The highest BCUT2D eigenvalue weighted by Crippen LogP contribution is 2.30.